The molecule has 0 radical (unpaired) electrons. The van der Waals surface area contributed by atoms with E-state index >= 15 is 0 Å². The van der Waals surface area contributed by atoms with Crippen molar-refractivity contribution in [2.24, 2.45) is 5.41 Å². The van der Waals surface area contributed by atoms with Crippen molar-refractivity contribution in [3.63, 3.8) is 0 Å². The standard InChI is InChI=1S/C18H36O4Si/c1-8-21-16(20)18(12-10-9-11-13-18)15(19)14(2)22-23(6,7)17(3,4)5/h14-15,19H,8-13H2,1-7H3/t14-,15?/m0/s1. The van der Waals surface area contributed by atoms with Crippen LogP contribution in [0.5, 0.6) is 0 Å². The van der Waals surface area contributed by atoms with Gasteiger partial charge < -0.3 is 14.3 Å². The van der Waals surface area contributed by atoms with E-state index in [1.54, 1.807) is 0 Å². The third-order valence-electron chi connectivity index (χ3n) is 5.73. The van der Waals surface area contributed by atoms with E-state index < -0.39 is 19.8 Å². The lowest BCUT2D eigenvalue weighted by atomic mass is 9.69. The molecule has 0 heterocycles. The van der Waals surface area contributed by atoms with Crippen molar-refractivity contribution in [2.75, 3.05) is 6.61 Å². The van der Waals surface area contributed by atoms with Gasteiger partial charge in [-0.25, -0.2) is 0 Å². The summed E-state index contributed by atoms with van der Waals surface area (Å²) < 4.78 is 11.7. The fourth-order valence-electron chi connectivity index (χ4n) is 3.23. The minimum atomic E-state index is -1.99. The van der Waals surface area contributed by atoms with Crippen molar-refractivity contribution in [3.8, 4) is 0 Å². The minimum Gasteiger partial charge on any atom is -0.465 e. The minimum absolute atomic E-state index is 0.0740. The topological polar surface area (TPSA) is 55.8 Å². The summed E-state index contributed by atoms with van der Waals surface area (Å²) in [5.41, 5.74) is -0.796. The van der Waals surface area contributed by atoms with E-state index in [0.717, 1.165) is 19.3 Å². The molecule has 0 aromatic carbocycles. The summed E-state index contributed by atoms with van der Waals surface area (Å²) >= 11 is 0. The highest BCUT2D eigenvalue weighted by Crippen LogP contribution is 2.44. The van der Waals surface area contributed by atoms with Gasteiger partial charge in [-0.2, -0.15) is 0 Å². The molecule has 1 fully saturated rings. The lowest BCUT2D eigenvalue weighted by Crippen LogP contribution is -2.54. The number of ether oxygens (including phenoxy) is 1. The lowest BCUT2D eigenvalue weighted by molar-refractivity contribution is -0.172. The van der Waals surface area contributed by atoms with Gasteiger partial charge >= 0.3 is 5.97 Å². The molecule has 0 saturated heterocycles. The molecule has 1 rings (SSSR count). The largest absolute Gasteiger partial charge is 0.465 e. The summed E-state index contributed by atoms with van der Waals surface area (Å²) in [6.45, 7) is 15.0. The van der Waals surface area contributed by atoms with Gasteiger partial charge in [0.25, 0.3) is 0 Å². The second kappa shape index (κ2) is 7.66. The predicted molar refractivity (Wildman–Crippen MR) is 95.9 cm³/mol. The maximum absolute atomic E-state index is 12.6. The first-order valence-corrected chi connectivity index (χ1v) is 11.9. The normalized spacial score (nSPS) is 21.6. The van der Waals surface area contributed by atoms with Gasteiger partial charge in [0, 0.05) is 0 Å². The fourth-order valence-corrected chi connectivity index (χ4v) is 4.65. The third kappa shape index (κ3) is 4.58. The molecular weight excluding hydrogens is 308 g/mol. The van der Waals surface area contributed by atoms with Crippen molar-refractivity contribution in [1.82, 2.24) is 0 Å². The zero-order chi connectivity index (χ0) is 17.9. The zero-order valence-corrected chi connectivity index (χ0v) is 17.1. The molecule has 0 amide bonds. The summed E-state index contributed by atoms with van der Waals surface area (Å²) in [5, 5.41) is 11.1. The Hall–Kier alpha value is -0.393. The van der Waals surface area contributed by atoms with E-state index in [4.69, 9.17) is 9.16 Å². The van der Waals surface area contributed by atoms with Gasteiger partial charge in [-0.05, 0) is 44.8 Å². The number of esters is 1. The molecule has 0 bridgehead atoms. The van der Waals surface area contributed by atoms with E-state index in [-0.39, 0.29) is 17.1 Å². The van der Waals surface area contributed by atoms with Gasteiger partial charge in [-0.15, -0.1) is 0 Å². The van der Waals surface area contributed by atoms with Gasteiger partial charge in [0.15, 0.2) is 8.32 Å². The summed E-state index contributed by atoms with van der Waals surface area (Å²) in [6, 6.07) is 0. The van der Waals surface area contributed by atoms with Crippen molar-refractivity contribution in [2.45, 2.75) is 97.1 Å². The number of hydrogen-bond acceptors (Lipinski definition) is 4. The molecule has 0 spiro atoms. The van der Waals surface area contributed by atoms with E-state index in [0.29, 0.717) is 19.4 Å². The highest BCUT2D eigenvalue weighted by atomic mass is 28.4. The van der Waals surface area contributed by atoms with Crippen LogP contribution in [0.15, 0.2) is 0 Å². The molecule has 1 unspecified atom stereocenters. The van der Waals surface area contributed by atoms with Gasteiger partial charge in [-0.3, -0.25) is 4.79 Å². The van der Waals surface area contributed by atoms with Gasteiger partial charge in [0.2, 0.25) is 0 Å². The molecular formula is C18H36O4Si. The monoisotopic (exact) mass is 344 g/mol. The molecule has 0 aliphatic heterocycles. The molecule has 0 aromatic rings. The highest BCUT2D eigenvalue weighted by molar-refractivity contribution is 6.74. The molecule has 1 aliphatic carbocycles. The zero-order valence-electron chi connectivity index (χ0n) is 16.1. The maximum Gasteiger partial charge on any atom is 0.314 e. The molecule has 1 aliphatic rings. The number of hydrogen-bond donors (Lipinski definition) is 1. The first kappa shape index (κ1) is 20.7. The molecule has 2 atom stereocenters. The molecule has 1 saturated carbocycles. The SMILES string of the molecule is CCOC(=O)C1(C(O)[C@H](C)O[Si](C)(C)C(C)(C)C)CCCCC1. The summed E-state index contributed by atoms with van der Waals surface area (Å²) in [5.74, 6) is -0.252. The van der Waals surface area contributed by atoms with Crippen LogP contribution >= 0.6 is 0 Å². The molecule has 23 heavy (non-hydrogen) atoms. The lowest BCUT2D eigenvalue weighted by Gasteiger charge is -2.45. The molecule has 0 aromatic heterocycles. The quantitative estimate of drug-likeness (QED) is 0.577. The first-order chi connectivity index (χ1) is 10.5. The van der Waals surface area contributed by atoms with Crippen LogP contribution < -0.4 is 0 Å². The summed E-state index contributed by atoms with van der Waals surface area (Å²) in [6.07, 6.45) is 3.25. The van der Waals surface area contributed by atoms with Crippen LogP contribution in [-0.2, 0) is 14.0 Å². The van der Waals surface area contributed by atoms with Crippen LogP contribution in [0.25, 0.3) is 0 Å². The van der Waals surface area contributed by atoms with Crippen LogP contribution in [-0.4, -0.2) is 38.2 Å². The number of rotatable bonds is 6. The molecule has 5 heteroatoms. The van der Waals surface area contributed by atoms with Crippen LogP contribution in [0.4, 0.5) is 0 Å². The molecule has 4 nitrogen and oxygen atoms in total. The Labute approximate surface area is 143 Å². The average Bonchev–Trinajstić information content (AvgIpc) is 2.45. The van der Waals surface area contributed by atoms with Gasteiger partial charge in [0.05, 0.1) is 24.2 Å². The summed E-state index contributed by atoms with van der Waals surface area (Å²) in [4.78, 5) is 12.6. The predicted octanol–water partition coefficient (Wildman–Crippen LogP) is 4.27. The Kier molecular flexibility index (Phi) is 6.88. The highest BCUT2D eigenvalue weighted by Gasteiger charge is 2.51. The molecule has 1 N–H and O–H groups in total. The Morgan fingerprint density at radius 1 is 1.22 bits per heavy atom. The number of carbonyl (C=O) groups excluding carboxylic acids is 1. The van der Waals surface area contributed by atoms with Crippen molar-refractivity contribution in [3.05, 3.63) is 0 Å². The third-order valence-corrected chi connectivity index (χ3v) is 10.3. The van der Waals surface area contributed by atoms with E-state index in [9.17, 15) is 9.90 Å². The van der Waals surface area contributed by atoms with E-state index in [2.05, 4.69) is 33.9 Å². The second-order valence-electron chi connectivity index (χ2n) is 8.47. The smallest absolute Gasteiger partial charge is 0.314 e. The van der Waals surface area contributed by atoms with Crippen molar-refractivity contribution >= 4 is 14.3 Å². The molecule has 136 valence electrons. The maximum atomic E-state index is 12.6. The Balaban J connectivity index is 2.96. The Morgan fingerprint density at radius 3 is 2.17 bits per heavy atom. The van der Waals surface area contributed by atoms with Crippen molar-refractivity contribution < 1.29 is 19.1 Å². The number of aliphatic hydroxyl groups excluding tert-OH is 1. The van der Waals surface area contributed by atoms with Crippen LogP contribution in [0.2, 0.25) is 18.1 Å². The average molecular weight is 345 g/mol. The first-order valence-electron chi connectivity index (χ1n) is 9.01. The Morgan fingerprint density at radius 2 is 1.74 bits per heavy atom. The number of aliphatic hydroxyl groups is 1. The summed E-state index contributed by atoms with van der Waals surface area (Å²) in [7, 11) is -1.99. The van der Waals surface area contributed by atoms with Gasteiger partial charge in [0.1, 0.15) is 0 Å². The number of carbonyl (C=O) groups is 1. The van der Waals surface area contributed by atoms with Crippen molar-refractivity contribution in [1.29, 1.82) is 0 Å². The van der Waals surface area contributed by atoms with E-state index in [1.807, 2.05) is 13.8 Å². The fraction of sp³-hybridized carbons (Fsp3) is 0.944. The van der Waals surface area contributed by atoms with Crippen LogP contribution in [0.1, 0.15) is 66.7 Å². The van der Waals surface area contributed by atoms with Crippen LogP contribution in [0.3, 0.4) is 0 Å². The second-order valence-corrected chi connectivity index (χ2v) is 13.2. The van der Waals surface area contributed by atoms with Crippen LogP contribution in [0, 0.1) is 5.41 Å². The van der Waals surface area contributed by atoms with Gasteiger partial charge in [-0.1, -0.05) is 40.0 Å². The van der Waals surface area contributed by atoms with E-state index in [1.165, 1.54) is 0 Å². The Bertz CT molecular complexity index is 394.